The van der Waals surface area contributed by atoms with Crippen LogP contribution in [0.15, 0.2) is 0 Å². The zero-order chi connectivity index (χ0) is 5.28. The first-order valence-electron chi connectivity index (χ1n) is 3.08. The second-order valence-corrected chi connectivity index (χ2v) is 2.37. The van der Waals surface area contributed by atoms with Gasteiger partial charge < -0.3 is 5.32 Å². The van der Waals surface area contributed by atoms with Gasteiger partial charge in [-0.25, -0.2) is 0 Å². The summed E-state index contributed by atoms with van der Waals surface area (Å²) < 4.78 is 0. The van der Waals surface area contributed by atoms with Gasteiger partial charge in [0, 0.05) is 6.04 Å². The van der Waals surface area contributed by atoms with Crippen LogP contribution in [0, 0.1) is 5.92 Å². The Morgan fingerprint density at radius 2 is 2.43 bits per heavy atom. The third kappa shape index (κ3) is 0.778. The van der Waals surface area contributed by atoms with Crippen molar-refractivity contribution in [3.63, 3.8) is 0 Å². The molecule has 1 aliphatic heterocycles. The molecule has 0 aromatic carbocycles. The summed E-state index contributed by atoms with van der Waals surface area (Å²) in [4.78, 5) is 0. The molecule has 1 heterocycles. The van der Waals surface area contributed by atoms with Crippen LogP contribution in [0.4, 0.5) is 0 Å². The SMILES string of the molecule is CCC1CN[C@@H]1C. The van der Waals surface area contributed by atoms with Gasteiger partial charge in [0.2, 0.25) is 0 Å². The molecule has 42 valence electrons. The molecule has 1 saturated heterocycles. The summed E-state index contributed by atoms with van der Waals surface area (Å²) in [7, 11) is 0. The molecular weight excluding hydrogens is 86.1 g/mol. The van der Waals surface area contributed by atoms with Crippen molar-refractivity contribution in [2.24, 2.45) is 5.92 Å². The van der Waals surface area contributed by atoms with Crippen molar-refractivity contribution in [2.75, 3.05) is 6.54 Å². The molecule has 1 aliphatic rings. The monoisotopic (exact) mass is 99.1 g/mol. The lowest BCUT2D eigenvalue weighted by Gasteiger charge is -2.34. The maximum atomic E-state index is 3.31. The van der Waals surface area contributed by atoms with E-state index in [0.29, 0.717) is 0 Å². The zero-order valence-electron chi connectivity index (χ0n) is 5.07. The summed E-state index contributed by atoms with van der Waals surface area (Å²) in [6.45, 7) is 5.75. The predicted molar refractivity (Wildman–Crippen MR) is 31.2 cm³/mol. The van der Waals surface area contributed by atoms with E-state index in [4.69, 9.17) is 0 Å². The quantitative estimate of drug-likeness (QED) is 0.517. The van der Waals surface area contributed by atoms with Crippen LogP contribution in [0.3, 0.4) is 0 Å². The molecular formula is C6H13N. The van der Waals surface area contributed by atoms with E-state index in [0.717, 1.165) is 12.0 Å². The van der Waals surface area contributed by atoms with E-state index >= 15 is 0 Å². The van der Waals surface area contributed by atoms with E-state index in [9.17, 15) is 0 Å². The summed E-state index contributed by atoms with van der Waals surface area (Å²) in [5.74, 6) is 0.972. The van der Waals surface area contributed by atoms with Crippen LogP contribution >= 0.6 is 0 Å². The summed E-state index contributed by atoms with van der Waals surface area (Å²) in [5, 5.41) is 3.31. The molecule has 0 saturated carbocycles. The molecule has 1 N–H and O–H groups in total. The van der Waals surface area contributed by atoms with E-state index in [-0.39, 0.29) is 0 Å². The maximum absolute atomic E-state index is 3.31. The summed E-state index contributed by atoms with van der Waals surface area (Å²) in [6, 6.07) is 0.796. The zero-order valence-corrected chi connectivity index (χ0v) is 5.07. The number of rotatable bonds is 1. The molecule has 0 amide bonds. The average molecular weight is 99.2 g/mol. The van der Waals surface area contributed by atoms with Crippen LogP contribution in [0.25, 0.3) is 0 Å². The Morgan fingerprint density at radius 3 is 2.43 bits per heavy atom. The molecule has 1 rings (SSSR count). The normalized spacial score (nSPS) is 40.3. The molecule has 0 spiro atoms. The summed E-state index contributed by atoms with van der Waals surface area (Å²) in [5.41, 5.74) is 0. The van der Waals surface area contributed by atoms with Crippen LogP contribution < -0.4 is 5.32 Å². The number of hydrogen-bond acceptors (Lipinski definition) is 1. The molecule has 0 bridgehead atoms. The molecule has 0 aliphatic carbocycles. The smallest absolute Gasteiger partial charge is 0.00791 e. The van der Waals surface area contributed by atoms with Crippen molar-refractivity contribution in [1.82, 2.24) is 5.32 Å². The average Bonchev–Trinajstić information content (AvgIpc) is 1.65. The lowest BCUT2D eigenvalue weighted by molar-refractivity contribution is 0.244. The standard InChI is InChI=1S/C6H13N/c1-3-6-4-7-5(6)2/h5-7H,3-4H2,1-2H3/t5-,6?/m1/s1. The minimum atomic E-state index is 0.796. The molecule has 7 heavy (non-hydrogen) atoms. The Labute approximate surface area is 45.1 Å². The number of nitrogens with one attached hydrogen (secondary N) is 1. The highest BCUT2D eigenvalue weighted by Crippen LogP contribution is 2.14. The highest BCUT2D eigenvalue weighted by Gasteiger charge is 2.22. The molecule has 1 nitrogen and oxygen atoms in total. The Balaban J connectivity index is 2.16. The minimum absolute atomic E-state index is 0.796. The lowest BCUT2D eigenvalue weighted by atomic mass is 9.91. The Hall–Kier alpha value is -0.0400. The highest BCUT2D eigenvalue weighted by atomic mass is 15.0. The van der Waals surface area contributed by atoms with Gasteiger partial charge in [0.25, 0.3) is 0 Å². The van der Waals surface area contributed by atoms with Crippen molar-refractivity contribution >= 4 is 0 Å². The Kier molecular flexibility index (Phi) is 1.33. The van der Waals surface area contributed by atoms with Gasteiger partial charge >= 0.3 is 0 Å². The van der Waals surface area contributed by atoms with Crippen LogP contribution in [-0.4, -0.2) is 12.6 Å². The van der Waals surface area contributed by atoms with Crippen molar-refractivity contribution in [1.29, 1.82) is 0 Å². The molecule has 2 atom stereocenters. The van der Waals surface area contributed by atoms with Gasteiger partial charge in [-0.05, 0) is 19.4 Å². The first kappa shape index (κ1) is 5.10. The van der Waals surface area contributed by atoms with Crippen LogP contribution in [0.5, 0.6) is 0 Å². The second kappa shape index (κ2) is 1.83. The highest BCUT2D eigenvalue weighted by molar-refractivity contribution is 4.82. The van der Waals surface area contributed by atoms with Gasteiger partial charge in [-0.1, -0.05) is 13.3 Å². The van der Waals surface area contributed by atoms with E-state index in [1.165, 1.54) is 13.0 Å². The van der Waals surface area contributed by atoms with Gasteiger partial charge in [-0.2, -0.15) is 0 Å². The number of hydrogen-bond donors (Lipinski definition) is 1. The topological polar surface area (TPSA) is 12.0 Å². The van der Waals surface area contributed by atoms with Gasteiger partial charge in [0.1, 0.15) is 0 Å². The Bertz CT molecular complexity index is 59.2. The van der Waals surface area contributed by atoms with Crippen molar-refractivity contribution in [3.8, 4) is 0 Å². The third-order valence-electron chi connectivity index (χ3n) is 1.93. The first-order valence-corrected chi connectivity index (χ1v) is 3.08. The van der Waals surface area contributed by atoms with Crippen LogP contribution in [0.1, 0.15) is 20.3 Å². The summed E-state index contributed by atoms with van der Waals surface area (Å²) >= 11 is 0. The van der Waals surface area contributed by atoms with E-state index in [1.54, 1.807) is 0 Å². The van der Waals surface area contributed by atoms with Gasteiger partial charge in [-0.15, -0.1) is 0 Å². The lowest BCUT2D eigenvalue weighted by Crippen LogP contribution is -2.50. The summed E-state index contributed by atoms with van der Waals surface area (Å²) in [6.07, 6.45) is 1.34. The van der Waals surface area contributed by atoms with E-state index in [1.807, 2.05) is 0 Å². The molecule has 0 aromatic rings. The Morgan fingerprint density at radius 1 is 1.71 bits per heavy atom. The first-order chi connectivity index (χ1) is 3.34. The molecule has 1 fully saturated rings. The maximum Gasteiger partial charge on any atom is 0.00791 e. The van der Waals surface area contributed by atoms with Crippen LogP contribution in [-0.2, 0) is 0 Å². The molecule has 1 heteroatoms. The predicted octanol–water partition coefficient (Wildman–Crippen LogP) is 1.00. The van der Waals surface area contributed by atoms with Crippen molar-refractivity contribution in [3.05, 3.63) is 0 Å². The third-order valence-corrected chi connectivity index (χ3v) is 1.93. The van der Waals surface area contributed by atoms with E-state index < -0.39 is 0 Å². The van der Waals surface area contributed by atoms with Crippen LogP contribution in [0.2, 0.25) is 0 Å². The fourth-order valence-electron chi connectivity index (χ4n) is 1.02. The largest absolute Gasteiger partial charge is 0.314 e. The van der Waals surface area contributed by atoms with Gasteiger partial charge in [-0.3, -0.25) is 0 Å². The molecule has 1 unspecified atom stereocenters. The van der Waals surface area contributed by atoms with E-state index in [2.05, 4.69) is 19.2 Å². The van der Waals surface area contributed by atoms with Gasteiger partial charge in [0.05, 0.1) is 0 Å². The fraction of sp³-hybridized carbons (Fsp3) is 1.00. The second-order valence-electron chi connectivity index (χ2n) is 2.37. The van der Waals surface area contributed by atoms with Crippen molar-refractivity contribution < 1.29 is 0 Å². The molecule has 0 aromatic heterocycles. The fourth-order valence-corrected chi connectivity index (χ4v) is 1.02. The molecule has 0 radical (unpaired) electrons. The van der Waals surface area contributed by atoms with Gasteiger partial charge in [0.15, 0.2) is 0 Å². The van der Waals surface area contributed by atoms with Crippen molar-refractivity contribution in [2.45, 2.75) is 26.3 Å². The minimum Gasteiger partial charge on any atom is -0.314 e.